The van der Waals surface area contributed by atoms with Gasteiger partial charge in [-0.3, -0.25) is 0 Å². The van der Waals surface area contributed by atoms with Gasteiger partial charge in [0.15, 0.2) is 5.82 Å². The van der Waals surface area contributed by atoms with Crippen LogP contribution < -0.4 is 0 Å². The zero-order chi connectivity index (χ0) is 12.5. The molecule has 0 unspecified atom stereocenters. The van der Waals surface area contributed by atoms with E-state index in [4.69, 9.17) is 0 Å². The van der Waals surface area contributed by atoms with Gasteiger partial charge in [0.1, 0.15) is 11.3 Å². The highest BCUT2D eigenvalue weighted by Gasteiger charge is 2.11. The average molecular weight is 258 g/mol. The number of aromatic amines is 1. The van der Waals surface area contributed by atoms with Gasteiger partial charge in [-0.25, -0.2) is 9.37 Å². The number of benzene rings is 2. The Morgan fingerprint density at radius 1 is 1.11 bits per heavy atom. The van der Waals surface area contributed by atoms with Crippen LogP contribution in [0.2, 0.25) is 0 Å². The molecular weight excluding hydrogens is 247 g/mol. The maximum atomic E-state index is 13.6. The number of nitrogens with zero attached hydrogens (tertiary/aromatic N) is 1. The second-order valence-electron chi connectivity index (χ2n) is 3.92. The molecule has 0 fully saturated rings. The fourth-order valence-electron chi connectivity index (χ4n) is 1.96. The molecule has 0 aliphatic carbocycles. The first-order valence-electron chi connectivity index (χ1n) is 5.57. The molecule has 0 bridgehead atoms. The molecule has 1 heterocycles. The number of halogens is 1. The lowest BCUT2D eigenvalue weighted by molar-refractivity contribution is 0.637. The predicted molar refractivity (Wildman–Crippen MR) is 73.3 cm³/mol. The van der Waals surface area contributed by atoms with Gasteiger partial charge in [0.25, 0.3) is 0 Å². The molecule has 90 valence electrons. The standard InChI is InChI=1S/C14H11FN2S/c1-18-12-8-3-2-5-9(12)14-16-11-7-4-6-10(15)13(11)17-14/h2-8H,1H3,(H,16,17). The molecule has 0 saturated heterocycles. The van der Waals surface area contributed by atoms with E-state index in [9.17, 15) is 4.39 Å². The molecule has 4 heteroatoms. The van der Waals surface area contributed by atoms with Crippen molar-refractivity contribution in [1.82, 2.24) is 9.97 Å². The average Bonchev–Trinajstić information content (AvgIpc) is 2.84. The number of aromatic nitrogens is 2. The Hall–Kier alpha value is -1.81. The van der Waals surface area contributed by atoms with Gasteiger partial charge in [-0.1, -0.05) is 24.3 Å². The van der Waals surface area contributed by atoms with Crippen LogP contribution in [0, 0.1) is 5.82 Å². The van der Waals surface area contributed by atoms with Crippen molar-refractivity contribution in [1.29, 1.82) is 0 Å². The molecule has 0 saturated carbocycles. The minimum Gasteiger partial charge on any atom is -0.338 e. The highest BCUT2D eigenvalue weighted by Crippen LogP contribution is 2.29. The molecule has 2 nitrogen and oxygen atoms in total. The van der Waals surface area contributed by atoms with Gasteiger partial charge < -0.3 is 4.98 Å². The summed E-state index contributed by atoms with van der Waals surface area (Å²) in [4.78, 5) is 8.63. The fraction of sp³-hybridized carbons (Fsp3) is 0.0714. The molecule has 3 rings (SSSR count). The van der Waals surface area contributed by atoms with Gasteiger partial charge >= 0.3 is 0 Å². The minimum atomic E-state index is -0.295. The van der Waals surface area contributed by atoms with Gasteiger partial charge in [0.2, 0.25) is 0 Å². The zero-order valence-corrected chi connectivity index (χ0v) is 10.6. The van der Waals surface area contributed by atoms with E-state index in [0.717, 1.165) is 16.0 Å². The number of hydrogen-bond acceptors (Lipinski definition) is 2. The minimum absolute atomic E-state index is 0.295. The Labute approximate surface area is 108 Å². The molecule has 0 amide bonds. The van der Waals surface area contributed by atoms with Crippen LogP contribution in [-0.2, 0) is 0 Å². The third kappa shape index (κ3) is 1.78. The molecule has 2 aromatic carbocycles. The van der Waals surface area contributed by atoms with E-state index >= 15 is 0 Å². The SMILES string of the molecule is CSc1ccccc1-c1nc2c(F)cccc2[nH]1. The molecule has 0 atom stereocenters. The molecule has 0 aliphatic heterocycles. The maximum absolute atomic E-state index is 13.6. The van der Waals surface area contributed by atoms with Crippen molar-refractivity contribution >= 4 is 22.8 Å². The Bertz CT molecular complexity index is 706. The first kappa shape index (κ1) is 11.3. The molecule has 0 radical (unpaired) electrons. The molecular formula is C14H11FN2S. The molecule has 0 spiro atoms. The quantitative estimate of drug-likeness (QED) is 0.701. The number of H-pyrrole nitrogens is 1. The van der Waals surface area contributed by atoms with Crippen molar-refractivity contribution in [2.24, 2.45) is 0 Å². The van der Waals surface area contributed by atoms with E-state index in [1.165, 1.54) is 6.07 Å². The van der Waals surface area contributed by atoms with Crippen LogP contribution in [0.4, 0.5) is 4.39 Å². The van der Waals surface area contributed by atoms with Crippen molar-refractivity contribution in [3.8, 4) is 11.4 Å². The van der Waals surface area contributed by atoms with Gasteiger partial charge in [-0.2, -0.15) is 0 Å². The van der Waals surface area contributed by atoms with Crippen molar-refractivity contribution < 1.29 is 4.39 Å². The smallest absolute Gasteiger partial charge is 0.151 e. The van der Waals surface area contributed by atoms with Gasteiger partial charge in [-0.05, 0) is 24.5 Å². The monoisotopic (exact) mass is 258 g/mol. The van der Waals surface area contributed by atoms with E-state index in [2.05, 4.69) is 9.97 Å². The Balaban J connectivity index is 2.23. The maximum Gasteiger partial charge on any atom is 0.151 e. The summed E-state index contributed by atoms with van der Waals surface area (Å²) in [6, 6.07) is 12.9. The van der Waals surface area contributed by atoms with Crippen LogP contribution in [0.5, 0.6) is 0 Å². The van der Waals surface area contributed by atoms with Crippen molar-refractivity contribution in [2.75, 3.05) is 6.26 Å². The van der Waals surface area contributed by atoms with Crippen LogP contribution in [0.1, 0.15) is 0 Å². The lowest BCUT2D eigenvalue weighted by Gasteiger charge is -2.02. The summed E-state index contributed by atoms with van der Waals surface area (Å²) < 4.78 is 13.6. The molecule has 1 aromatic heterocycles. The Morgan fingerprint density at radius 3 is 2.72 bits per heavy atom. The third-order valence-electron chi connectivity index (χ3n) is 2.83. The first-order chi connectivity index (χ1) is 8.79. The number of imidazole rings is 1. The second-order valence-corrected chi connectivity index (χ2v) is 4.77. The first-order valence-corrected chi connectivity index (χ1v) is 6.79. The third-order valence-corrected chi connectivity index (χ3v) is 3.62. The number of nitrogens with one attached hydrogen (secondary N) is 1. The summed E-state index contributed by atoms with van der Waals surface area (Å²) in [5.41, 5.74) is 2.12. The number of fused-ring (bicyclic) bond motifs is 1. The summed E-state index contributed by atoms with van der Waals surface area (Å²) in [6.07, 6.45) is 2.02. The van der Waals surface area contributed by atoms with Crippen LogP contribution in [-0.4, -0.2) is 16.2 Å². The topological polar surface area (TPSA) is 28.7 Å². The summed E-state index contributed by atoms with van der Waals surface area (Å²) in [6.45, 7) is 0. The largest absolute Gasteiger partial charge is 0.338 e. The van der Waals surface area contributed by atoms with E-state index in [1.54, 1.807) is 17.8 Å². The molecule has 3 aromatic rings. The van der Waals surface area contributed by atoms with Crippen molar-refractivity contribution in [3.63, 3.8) is 0 Å². The van der Waals surface area contributed by atoms with Crippen LogP contribution >= 0.6 is 11.8 Å². The van der Waals surface area contributed by atoms with Crippen LogP contribution in [0.25, 0.3) is 22.4 Å². The fourth-order valence-corrected chi connectivity index (χ4v) is 2.56. The van der Waals surface area contributed by atoms with E-state index in [-0.39, 0.29) is 5.82 Å². The van der Waals surface area contributed by atoms with Crippen LogP contribution in [0.15, 0.2) is 47.4 Å². The molecule has 1 N–H and O–H groups in total. The Kier molecular flexibility index (Phi) is 2.80. The number of hydrogen-bond donors (Lipinski definition) is 1. The van der Waals surface area contributed by atoms with E-state index in [0.29, 0.717) is 11.3 Å². The van der Waals surface area contributed by atoms with Crippen molar-refractivity contribution in [3.05, 3.63) is 48.3 Å². The van der Waals surface area contributed by atoms with Gasteiger partial charge in [0, 0.05) is 10.5 Å². The van der Waals surface area contributed by atoms with Crippen molar-refractivity contribution in [2.45, 2.75) is 4.90 Å². The molecule has 0 aliphatic rings. The van der Waals surface area contributed by atoms with E-state index in [1.807, 2.05) is 36.6 Å². The second kappa shape index (κ2) is 4.46. The molecule has 18 heavy (non-hydrogen) atoms. The van der Waals surface area contributed by atoms with Crippen LogP contribution in [0.3, 0.4) is 0 Å². The lowest BCUT2D eigenvalue weighted by atomic mass is 10.2. The summed E-state index contributed by atoms with van der Waals surface area (Å²) >= 11 is 1.65. The summed E-state index contributed by atoms with van der Waals surface area (Å²) in [5.74, 6) is 0.414. The summed E-state index contributed by atoms with van der Waals surface area (Å²) in [5, 5.41) is 0. The summed E-state index contributed by atoms with van der Waals surface area (Å²) in [7, 11) is 0. The normalized spacial score (nSPS) is 11.0. The highest BCUT2D eigenvalue weighted by atomic mass is 32.2. The van der Waals surface area contributed by atoms with Gasteiger partial charge in [0.05, 0.1) is 5.52 Å². The highest BCUT2D eigenvalue weighted by molar-refractivity contribution is 7.98. The van der Waals surface area contributed by atoms with Gasteiger partial charge in [-0.15, -0.1) is 11.8 Å². The Morgan fingerprint density at radius 2 is 1.94 bits per heavy atom. The van der Waals surface area contributed by atoms with E-state index < -0.39 is 0 Å². The number of para-hydroxylation sites is 1. The predicted octanol–water partition coefficient (Wildman–Crippen LogP) is 4.09. The lowest BCUT2D eigenvalue weighted by Crippen LogP contribution is -1.83. The number of rotatable bonds is 2. The zero-order valence-electron chi connectivity index (χ0n) is 9.77. The number of thioether (sulfide) groups is 1.